The minimum Gasteiger partial charge on any atom is -0.367 e. The molecule has 6 heteroatoms. The fourth-order valence-electron chi connectivity index (χ4n) is 3.13. The molecule has 27 heavy (non-hydrogen) atoms. The van der Waals surface area contributed by atoms with Crippen LogP contribution in [0.4, 0.5) is 15.8 Å². The Hall–Kier alpha value is -2.31. The summed E-state index contributed by atoms with van der Waals surface area (Å²) < 4.78 is 13.6. The number of rotatable bonds is 5. The van der Waals surface area contributed by atoms with Gasteiger partial charge in [-0.1, -0.05) is 12.1 Å². The largest absolute Gasteiger partial charge is 0.367 e. The van der Waals surface area contributed by atoms with Crippen molar-refractivity contribution < 1.29 is 9.18 Å². The van der Waals surface area contributed by atoms with Crippen LogP contribution in [-0.2, 0) is 17.8 Å². The van der Waals surface area contributed by atoms with Gasteiger partial charge in [0.25, 0.3) is 0 Å². The van der Waals surface area contributed by atoms with Gasteiger partial charge in [-0.2, -0.15) is 0 Å². The summed E-state index contributed by atoms with van der Waals surface area (Å²) >= 11 is 3.04. The molecular formula is C21H19FN2OS2. The maximum Gasteiger partial charge on any atom is 0.234 e. The summed E-state index contributed by atoms with van der Waals surface area (Å²) in [5.74, 6) is -0.262. The van der Waals surface area contributed by atoms with Crippen LogP contribution in [-0.4, -0.2) is 18.2 Å². The van der Waals surface area contributed by atoms with E-state index in [1.807, 2.05) is 35.6 Å². The summed E-state index contributed by atoms with van der Waals surface area (Å²) in [7, 11) is 0. The van der Waals surface area contributed by atoms with Crippen LogP contribution in [0.25, 0.3) is 0 Å². The minimum atomic E-state index is -0.296. The molecule has 3 nitrogen and oxygen atoms in total. The summed E-state index contributed by atoms with van der Waals surface area (Å²) in [6, 6.07) is 16.6. The molecule has 0 atom stereocenters. The van der Waals surface area contributed by atoms with Crippen LogP contribution >= 0.6 is 23.1 Å². The van der Waals surface area contributed by atoms with Crippen molar-refractivity contribution in [3.8, 4) is 0 Å². The molecule has 0 fully saturated rings. The molecule has 1 aliphatic heterocycles. The number of carbonyl (C=O) groups excluding carboxylic acids is 1. The van der Waals surface area contributed by atoms with E-state index < -0.39 is 0 Å². The second-order valence-corrected chi connectivity index (χ2v) is 8.37. The van der Waals surface area contributed by atoms with Gasteiger partial charge in [-0.05, 0) is 59.8 Å². The topological polar surface area (TPSA) is 32.3 Å². The normalized spacial score (nSPS) is 13.3. The van der Waals surface area contributed by atoms with E-state index in [2.05, 4.69) is 21.7 Å². The maximum atomic E-state index is 13.6. The molecule has 3 aromatic rings. The van der Waals surface area contributed by atoms with Gasteiger partial charge in [0.1, 0.15) is 5.82 Å². The number of halogens is 1. The first-order valence-corrected chi connectivity index (χ1v) is 10.6. The average molecular weight is 399 g/mol. The quantitative estimate of drug-likeness (QED) is 0.601. The Kier molecular flexibility index (Phi) is 5.45. The highest BCUT2D eigenvalue weighted by atomic mass is 32.2. The van der Waals surface area contributed by atoms with Crippen molar-refractivity contribution in [3.63, 3.8) is 0 Å². The highest BCUT2D eigenvalue weighted by Crippen LogP contribution is 2.28. The van der Waals surface area contributed by atoms with Crippen LogP contribution in [0.15, 0.2) is 64.9 Å². The number of thioether (sulfide) groups is 1. The molecule has 0 bridgehead atoms. The van der Waals surface area contributed by atoms with E-state index in [-0.39, 0.29) is 17.5 Å². The SMILES string of the molecule is O=C(CSc1ccccc1F)Nc1ccc(N2CCc3sccc3C2)cc1. The zero-order valence-corrected chi connectivity index (χ0v) is 16.3. The third kappa shape index (κ3) is 4.34. The summed E-state index contributed by atoms with van der Waals surface area (Å²) in [6.07, 6.45) is 1.08. The van der Waals surface area contributed by atoms with Crippen LogP contribution < -0.4 is 10.2 Å². The number of thiophene rings is 1. The summed E-state index contributed by atoms with van der Waals surface area (Å²) in [5.41, 5.74) is 3.32. The van der Waals surface area contributed by atoms with Gasteiger partial charge in [-0.15, -0.1) is 23.1 Å². The lowest BCUT2D eigenvalue weighted by atomic mass is 10.1. The van der Waals surface area contributed by atoms with Crippen molar-refractivity contribution in [1.82, 2.24) is 0 Å². The molecule has 1 aliphatic rings. The lowest BCUT2D eigenvalue weighted by Gasteiger charge is -2.29. The predicted octanol–water partition coefficient (Wildman–Crippen LogP) is 5.18. The van der Waals surface area contributed by atoms with Gasteiger partial charge in [0.05, 0.1) is 5.75 Å². The number of fused-ring (bicyclic) bond motifs is 1. The molecular weight excluding hydrogens is 379 g/mol. The van der Waals surface area contributed by atoms with E-state index in [1.54, 1.807) is 18.2 Å². The van der Waals surface area contributed by atoms with Gasteiger partial charge in [-0.3, -0.25) is 4.79 Å². The minimum absolute atomic E-state index is 0.142. The molecule has 1 N–H and O–H groups in total. The van der Waals surface area contributed by atoms with E-state index in [0.717, 1.165) is 30.9 Å². The Morgan fingerprint density at radius 1 is 1.15 bits per heavy atom. The van der Waals surface area contributed by atoms with E-state index >= 15 is 0 Å². The van der Waals surface area contributed by atoms with Gasteiger partial charge in [0.15, 0.2) is 0 Å². The number of nitrogens with one attached hydrogen (secondary N) is 1. The third-order valence-electron chi connectivity index (χ3n) is 4.52. The first-order chi connectivity index (χ1) is 13.2. The maximum absolute atomic E-state index is 13.6. The standard InChI is InChI=1S/C21H19FN2OS2/c22-18-3-1-2-4-20(18)27-14-21(25)23-16-5-7-17(8-6-16)24-11-9-19-15(13-24)10-12-26-19/h1-8,10,12H,9,11,13-14H2,(H,23,25). The second-order valence-electron chi connectivity index (χ2n) is 6.35. The Bertz CT molecular complexity index is 939. The smallest absolute Gasteiger partial charge is 0.234 e. The fourth-order valence-corrected chi connectivity index (χ4v) is 4.76. The van der Waals surface area contributed by atoms with E-state index in [9.17, 15) is 9.18 Å². The van der Waals surface area contributed by atoms with E-state index in [1.165, 1.54) is 28.3 Å². The number of benzene rings is 2. The molecule has 2 heterocycles. The summed E-state index contributed by atoms with van der Waals surface area (Å²) in [5, 5.41) is 5.03. The first kappa shape index (κ1) is 18.1. The van der Waals surface area contributed by atoms with Crippen LogP contribution in [0.3, 0.4) is 0 Å². The van der Waals surface area contributed by atoms with Crippen molar-refractivity contribution in [1.29, 1.82) is 0 Å². The molecule has 4 rings (SSSR count). The lowest BCUT2D eigenvalue weighted by molar-refractivity contribution is -0.113. The van der Waals surface area contributed by atoms with Crippen LogP contribution in [0.5, 0.6) is 0 Å². The van der Waals surface area contributed by atoms with Crippen molar-refractivity contribution in [2.45, 2.75) is 17.9 Å². The van der Waals surface area contributed by atoms with Gasteiger partial charge < -0.3 is 10.2 Å². The molecule has 0 radical (unpaired) electrons. The molecule has 0 spiro atoms. The lowest BCUT2D eigenvalue weighted by Crippen LogP contribution is -2.29. The van der Waals surface area contributed by atoms with Crippen molar-refractivity contribution >= 4 is 40.4 Å². The predicted molar refractivity (Wildman–Crippen MR) is 111 cm³/mol. The van der Waals surface area contributed by atoms with Crippen LogP contribution in [0.1, 0.15) is 10.4 Å². The summed E-state index contributed by atoms with van der Waals surface area (Å²) in [4.78, 5) is 16.5. The van der Waals surface area contributed by atoms with Crippen molar-refractivity contribution in [2.75, 3.05) is 22.5 Å². The molecule has 0 aliphatic carbocycles. The van der Waals surface area contributed by atoms with Crippen LogP contribution in [0, 0.1) is 5.82 Å². The van der Waals surface area contributed by atoms with Crippen molar-refractivity contribution in [3.05, 3.63) is 76.2 Å². The van der Waals surface area contributed by atoms with Crippen LogP contribution in [0.2, 0.25) is 0 Å². The zero-order valence-electron chi connectivity index (χ0n) is 14.7. The number of carbonyl (C=O) groups is 1. The Labute approximate surface area is 166 Å². The molecule has 1 amide bonds. The van der Waals surface area contributed by atoms with Gasteiger partial charge in [0.2, 0.25) is 5.91 Å². The van der Waals surface area contributed by atoms with E-state index in [4.69, 9.17) is 0 Å². The highest BCUT2D eigenvalue weighted by Gasteiger charge is 2.17. The number of amides is 1. The Balaban J connectivity index is 1.33. The first-order valence-electron chi connectivity index (χ1n) is 8.76. The number of anilines is 2. The van der Waals surface area contributed by atoms with Gasteiger partial charge in [0, 0.05) is 34.2 Å². The van der Waals surface area contributed by atoms with Crippen molar-refractivity contribution in [2.24, 2.45) is 0 Å². The van der Waals surface area contributed by atoms with Gasteiger partial charge in [-0.25, -0.2) is 4.39 Å². The molecule has 1 aromatic heterocycles. The number of hydrogen-bond acceptors (Lipinski definition) is 4. The van der Waals surface area contributed by atoms with Gasteiger partial charge >= 0.3 is 0 Å². The summed E-state index contributed by atoms with van der Waals surface area (Å²) in [6.45, 7) is 1.95. The molecule has 138 valence electrons. The second kappa shape index (κ2) is 8.15. The molecule has 0 saturated heterocycles. The average Bonchev–Trinajstić information content (AvgIpc) is 3.16. The molecule has 2 aromatic carbocycles. The third-order valence-corrected chi connectivity index (χ3v) is 6.59. The monoisotopic (exact) mass is 398 g/mol. The number of hydrogen-bond donors (Lipinski definition) is 1. The number of nitrogens with zero attached hydrogens (tertiary/aromatic N) is 1. The fraction of sp³-hybridized carbons (Fsp3) is 0.190. The molecule has 0 saturated carbocycles. The molecule has 0 unspecified atom stereocenters. The Morgan fingerprint density at radius 3 is 2.78 bits per heavy atom. The van der Waals surface area contributed by atoms with E-state index in [0.29, 0.717) is 4.90 Å². The zero-order chi connectivity index (χ0) is 18.6. The Morgan fingerprint density at radius 2 is 1.96 bits per heavy atom. The highest BCUT2D eigenvalue weighted by molar-refractivity contribution is 8.00.